The van der Waals surface area contributed by atoms with Crippen LogP contribution in [0.1, 0.15) is 11.1 Å². The molecule has 1 aromatic rings. The van der Waals surface area contributed by atoms with Crippen LogP contribution in [0.4, 0.5) is 0 Å². The molecule has 5 nitrogen and oxygen atoms in total. The van der Waals surface area contributed by atoms with Crippen LogP contribution >= 0.6 is 23.2 Å². The van der Waals surface area contributed by atoms with Gasteiger partial charge < -0.3 is 5.11 Å². The second-order valence-corrected chi connectivity index (χ2v) is 5.20. The predicted molar refractivity (Wildman–Crippen MR) is 82.6 cm³/mol. The van der Waals surface area contributed by atoms with Crippen molar-refractivity contribution in [1.29, 1.82) is 0 Å². The molecule has 0 bridgehead atoms. The molecule has 1 atom stereocenters. The lowest BCUT2D eigenvalue weighted by Crippen LogP contribution is -2.51. The Labute approximate surface area is 133 Å². The van der Waals surface area contributed by atoms with Gasteiger partial charge >= 0.3 is 5.97 Å². The highest BCUT2D eigenvalue weighted by Gasteiger charge is 2.25. The third-order valence-corrected chi connectivity index (χ3v) is 3.37. The molecular weight excluding hydrogens is 315 g/mol. The molecule has 1 aromatic carbocycles. The maximum atomic E-state index is 11.4. The lowest BCUT2D eigenvalue weighted by molar-refractivity contribution is -0.145. The second kappa shape index (κ2) is 9.60. The van der Waals surface area contributed by atoms with Crippen molar-refractivity contribution >= 4 is 35.6 Å². The van der Waals surface area contributed by atoms with Crippen LogP contribution in [0.5, 0.6) is 0 Å². The normalized spacial score (nSPS) is 12.1. The van der Waals surface area contributed by atoms with E-state index >= 15 is 0 Å². The summed E-state index contributed by atoms with van der Waals surface area (Å²) in [5.74, 6) is -0.287. The number of carbonyl (C=O) groups excluding carboxylic acids is 1. The number of hydrogen-bond donors (Lipinski definition) is 2. The molecule has 0 heterocycles. The Morgan fingerprint density at radius 3 is 2.62 bits per heavy atom. The second-order valence-electron chi connectivity index (χ2n) is 4.45. The molecule has 0 saturated heterocycles. The number of hydrogen-bond acceptors (Lipinski definition) is 3. The Bertz CT molecular complexity index is 471. The van der Waals surface area contributed by atoms with Gasteiger partial charge in [-0.05, 0) is 17.5 Å². The lowest BCUT2D eigenvalue weighted by Gasteiger charge is -2.26. The average molecular weight is 333 g/mol. The summed E-state index contributed by atoms with van der Waals surface area (Å²) < 4.78 is 0. The minimum atomic E-state index is -1.02. The van der Waals surface area contributed by atoms with E-state index in [2.05, 4.69) is 5.43 Å². The van der Waals surface area contributed by atoms with Crippen molar-refractivity contribution in [3.63, 3.8) is 0 Å². The van der Waals surface area contributed by atoms with Gasteiger partial charge in [0, 0.05) is 24.7 Å². The van der Waals surface area contributed by atoms with E-state index in [4.69, 9.17) is 23.2 Å². The SMILES string of the molecule is O=CNN(CCCl)[C@@H](Cc1cccc(CCCl)c1)C(=O)O. The standard InChI is InChI=1S/C14H18Cl2N2O3/c15-5-4-11-2-1-3-12(8-11)9-13(14(20)21)18(7-6-16)17-10-19/h1-3,8,10,13H,4-7,9H2,(H,17,19)(H,20,21)/t13-/m0/s1. The van der Waals surface area contributed by atoms with Crippen molar-refractivity contribution in [2.24, 2.45) is 0 Å². The van der Waals surface area contributed by atoms with E-state index in [9.17, 15) is 14.7 Å². The highest BCUT2D eigenvalue weighted by Crippen LogP contribution is 2.12. The number of rotatable bonds is 10. The molecule has 0 spiro atoms. The van der Waals surface area contributed by atoms with Gasteiger partial charge in [0.05, 0.1) is 0 Å². The molecule has 21 heavy (non-hydrogen) atoms. The highest BCUT2D eigenvalue weighted by atomic mass is 35.5. The fourth-order valence-corrected chi connectivity index (χ4v) is 2.44. The van der Waals surface area contributed by atoms with Crippen LogP contribution in [0.25, 0.3) is 0 Å². The van der Waals surface area contributed by atoms with Crippen LogP contribution < -0.4 is 5.43 Å². The van der Waals surface area contributed by atoms with Gasteiger partial charge in [0.15, 0.2) is 0 Å². The smallest absolute Gasteiger partial charge is 0.323 e. The van der Waals surface area contributed by atoms with Crippen LogP contribution in [-0.4, -0.2) is 46.8 Å². The summed E-state index contributed by atoms with van der Waals surface area (Å²) in [6.45, 7) is 0.249. The zero-order valence-corrected chi connectivity index (χ0v) is 13.0. The van der Waals surface area contributed by atoms with E-state index in [0.717, 1.165) is 17.5 Å². The molecule has 0 aliphatic heterocycles. The van der Waals surface area contributed by atoms with Crippen molar-refractivity contribution < 1.29 is 14.7 Å². The van der Waals surface area contributed by atoms with Gasteiger partial charge in [-0.25, -0.2) is 5.01 Å². The molecule has 0 aliphatic rings. The number of alkyl halides is 2. The summed E-state index contributed by atoms with van der Waals surface area (Å²) in [5.41, 5.74) is 4.32. The molecule has 0 unspecified atom stereocenters. The molecule has 2 N–H and O–H groups in total. The summed E-state index contributed by atoms with van der Waals surface area (Å²) in [6.07, 6.45) is 1.45. The van der Waals surface area contributed by atoms with Crippen LogP contribution in [0.2, 0.25) is 0 Å². The minimum Gasteiger partial charge on any atom is -0.480 e. The number of nitrogens with one attached hydrogen (secondary N) is 1. The van der Waals surface area contributed by atoms with Gasteiger partial charge in [-0.1, -0.05) is 24.3 Å². The summed E-state index contributed by atoms with van der Waals surface area (Å²) >= 11 is 11.4. The number of aryl methyl sites for hydroxylation is 1. The Morgan fingerprint density at radius 2 is 2.05 bits per heavy atom. The van der Waals surface area contributed by atoms with Gasteiger partial charge in [0.2, 0.25) is 6.41 Å². The number of benzene rings is 1. The molecule has 116 valence electrons. The molecular formula is C14H18Cl2N2O3. The van der Waals surface area contributed by atoms with Crippen LogP contribution in [0.3, 0.4) is 0 Å². The van der Waals surface area contributed by atoms with Crippen molar-refractivity contribution in [3.05, 3.63) is 35.4 Å². The van der Waals surface area contributed by atoms with Gasteiger partial charge in [-0.3, -0.25) is 15.0 Å². The maximum absolute atomic E-state index is 11.4. The number of aliphatic carboxylic acids is 1. The first-order valence-electron chi connectivity index (χ1n) is 6.51. The first kappa shape index (κ1) is 17.8. The highest BCUT2D eigenvalue weighted by molar-refractivity contribution is 6.18. The van der Waals surface area contributed by atoms with Gasteiger partial charge in [0.1, 0.15) is 6.04 Å². The molecule has 0 aromatic heterocycles. The number of carbonyl (C=O) groups is 2. The zero-order chi connectivity index (χ0) is 15.7. The molecule has 1 rings (SSSR count). The predicted octanol–water partition coefficient (Wildman–Crippen LogP) is 1.67. The lowest BCUT2D eigenvalue weighted by atomic mass is 10.0. The Balaban J connectivity index is 2.88. The summed E-state index contributed by atoms with van der Waals surface area (Å²) in [4.78, 5) is 22.0. The number of halogens is 2. The quantitative estimate of drug-likeness (QED) is 0.388. The summed E-state index contributed by atoms with van der Waals surface area (Å²) in [6, 6.07) is 6.72. The summed E-state index contributed by atoms with van der Waals surface area (Å²) in [5, 5.41) is 10.7. The van der Waals surface area contributed by atoms with E-state index < -0.39 is 12.0 Å². The average Bonchev–Trinajstić information content (AvgIpc) is 2.45. The number of nitrogens with zero attached hydrogens (tertiary/aromatic N) is 1. The Kier molecular flexibility index (Phi) is 8.12. The monoisotopic (exact) mass is 332 g/mol. The third-order valence-electron chi connectivity index (χ3n) is 3.01. The number of hydrazine groups is 1. The molecule has 1 amide bonds. The van der Waals surface area contributed by atoms with Gasteiger partial charge in [-0.15, -0.1) is 23.2 Å². The first-order valence-corrected chi connectivity index (χ1v) is 7.58. The molecule has 0 aliphatic carbocycles. The fourth-order valence-electron chi connectivity index (χ4n) is 2.04. The van der Waals surface area contributed by atoms with Crippen LogP contribution in [0, 0.1) is 0 Å². The van der Waals surface area contributed by atoms with E-state index in [1.807, 2.05) is 24.3 Å². The molecule has 7 heteroatoms. The number of carboxylic acid groups (broad SMARTS) is 1. The summed E-state index contributed by atoms with van der Waals surface area (Å²) in [7, 11) is 0. The van der Waals surface area contributed by atoms with E-state index in [0.29, 0.717) is 12.3 Å². The van der Waals surface area contributed by atoms with Gasteiger partial charge in [0.25, 0.3) is 0 Å². The fraction of sp³-hybridized carbons (Fsp3) is 0.429. The van der Waals surface area contributed by atoms with Crippen molar-refractivity contribution in [1.82, 2.24) is 10.4 Å². The molecule has 0 fully saturated rings. The topological polar surface area (TPSA) is 69.6 Å². The first-order chi connectivity index (χ1) is 10.1. The Hall–Kier alpha value is -1.30. The van der Waals surface area contributed by atoms with E-state index in [1.165, 1.54) is 5.01 Å². The molecule has 0 saturated carbocycles. The minimum absolute atomic E-state index is 0.219. The van der Waals surface area contributed by atoms with E-state index in [-0.39, 0.29) is 18.8 Å². The van der Waals surface area contributed by atoms with Crippen molar-refractivity contribution in [2.45, 2.75) is 18.9 Å². The number of amides is 1. The third kappa shape index (κ3) is 5.91. The molecule has 0 radical (unpaired) electrons. The van der Waals surface area contributed by atoms with Crippen LogP contribution in [0.15, 0.2) is 24.3 Å². The maximum Gasteiger partial charge on any atom is 0.323 e. The van der Waals surface area contributed by atoms with E-state index in [1.54, 1.807) is 0 Å². The largest absolute Gasteiger partial charge is 0.480 e. The Morgan fingerprint density at radius 1 is 1.33 bits per heavy atom. The number of carboxylic acids is 1. The van der Waals surface area contributed by atoms with Crippen LogP contribution in [-0.2, 0) is 22.4 Å². The van der Waals surface area contributed by atoms with Gasteiger partial charge in [-0.2, -0.15) is 0 Å². The van der Waals surface area contributed by atoms with Crippen molar-refractivity contribution in [3.8, 4) is 0 Å². The van der Waals surface area contributed by atoms with Crippen molar-refractivity contribution in [2.75, 3.05) is 18.3 Å². The zero-order valence-electron chi connectivity index (χ0n) is 11.5.